The molecule has 0 radical (unpaired) electrons. The van der Waals surface area contributed by atoms with Crippen LogP contribution in [0.25, 0.3) is 0 Å². The lowest BCUT2D eigenvalue weighted by Crippen LogP contribution is -2.32. The molecule has 0 aliphatic heterocycles. The van der Waals surface area contributed by atoms with Crippen molar-refractivity contribution in [3.63, 3.8) is 0 Å². The van der Waals surface area contributed by atoms with E-state index in [1.54, 1.807) is 10.8 Å². The Bertz CT molecular complexity index is 682. The van der Waals surface area contributed by atoms with Crippen molar-refractivity contribution < 1.29 is 9.21 Å². The maximum absolute atomic E-state index is 12.3. The van der Waals surface area contributed by atoms with Crippen LogP contribution in [0.3, 0.4) is 0 Å². The van der Waals surface area contributed by atoms with Gasteiger partial charge in [-0.2, -0.15) is 0 Å². The first-order valence-electron chi connectivity index (χ1n) is 6.97. The van der Waals surface area contributed by atoms with Crippen molar-refractivity contribution in [2.24, 2.45) is 0 Å². The Labute approximate surface area is 131 Å². The fourth-order valence-corrected chi connectivity index (χ4v) is 3.83. The Kier molecular flexibility index (Phi) is 4.12. The lowest BCUT2D eigenvalue weighted by Gasteiger charge is -2.11. The van der Waals surface area contributed by atoms with E-state index in [1.165, 1.54) is 24.2 Å². The van der Waals surface area contributed by atoms with Crippen LogP contribution in [-0.2, 0) is 6.54 Å². The van der Waals surface area contributed by atoms with Crippen LogP contribution in [-0.4, -0.2) is 16.5 Å². The number of rotatable bonds is 4. The van der Waals surface area contributed by atoms with Gasteiger partial charge in [-0.1, -0.05) is 24.2 Å². The average Bonchev–Trinajstić information content (AvgIpc) is 3.17. The number of nitrogens with two attached hydrogens (primary N) is 1. The fourth-order valence-electron chi connectivity index (χ4n) is 2.61. The van der Waals surface area contributed by atoms with Gasteiger partial charge in [0.05, 0.1) is 12.8 Å². The van der Waals surface area contributed by atoms with E-state index in [4.69, 9.17) is 22.4 Å². The fraction of sp³-hybridized carbons (Fsp3) is 0.429. The Balaban J connectivity index is 1.80. The molecule has 0 spiro atoms. The Morgan fingerprint density at radius 2 is 2.29 bits per heavy atom. The number of carbonyl (C=O) groups excluding carboxylic acids is 1. The van der Waals surface area contributed by atoms with Crippen LogP contribution in [0, 0.1) is 3.95 Å². The molecule has 1 fully saturated rings. The molecule has 1 aliphatic carbocycles. The molecule has 2 aromatic heterocycles. The van der Waals surface area contributed by atoms with E-state index < -0.39 is 0 Å². The van der Waals surface area contributed by atoms with Crippen molar-refractivity contribution in [2.75, 3.05) is 5.73 Å². The topological polar surface area (TPSA) is 73.2 Å². The van der Waals surface area contributed by atoms with Crippen LogP contribution in [0.5, 0.6) is 0 Å². The first-order chi connectivity index (χ1) is 10.1. The Morgan fingerprint density at radius 3 is 2.95 bits per heavy atom. The normalized spacial score (nSPS) is 15.4. The second-order valence-electron chi connectivity index (χ2n) is 5.20. The third-order valence-electron chi connectivity index (χ3n) is 3.72. The Hall–Kier alpha value is -1.60. The number of anilines is 1. The van der Waals surface area contributed by atoms with Crippen molar-refractivity contribution in [1.29, 1.82) is 0 Å². The number of nitrogens with zero attached hydrogens (tertiary/aromatic N) is 1. The summed E-state index contributed by atoms with van der Waals surface area (Å²) in [4.78, 5) is 12.8. The van der Waals surface area contributed by atoms with Crippen molar-refractivity contribution in [3.05, 3.63) is 33.0 Å². The summed E-state index contributed by atoms with van der Waals surface area (Å²) in [6, 6.07) is 3.94. The van der Waals surface area contributed by atoms with Crippen molar-refractivity contribution in [1.82, 2.24) is 9.88 Å². The van der Waals surface area contributed by atoms with Crippen molar-refractivity contribution in [3.8, 4) is 0 Å². The largest absolute Gasteiger partial charge is 0.467 e. The molecule has 0 bridgehead atoms. The lowest BCUT2D eigenvalue weighted by molar-refractivity contribution is 0.0942. The van der Waals surface area contributed by atoms with Crippen LogP contribution < -0.4 is 11.1 Å². The van der Waals surface area contributed by atoms with E-state index in [9.17, 15) is 4.79 Å². The monoisotopic (exact) mass is 323 g/mol. The van der Waals surface area contributed by atoms with Gasteiger partial charge < -0.3 is 20.0 Å². The molecule has 7 heteroatoms. The van der Waals surface area contributed by atoms with Gasteiger partial charge >= 0.3 is 0 Å². The summed E-state index contributed by atoms with van der Waals surface area (Å²) in [6.07, 6.45) is 6.05. The number of carbonyl (C=O) groups is 1. The van der Waals surface area contributed by atoms with Gasteiger partial charge in [0.25, 0.3) is 5.91 Å². The quantitative estimate of drug-likeness (QED) is 0.848. The van der Waals surface area contributed by atoms with Crippen LogP contribution in [0.2, 0.25) is 0 Å². The summed E-state index contributed by atoms with van der Waals surface area (Å²) >= 11 is 6.57. The summed E-state index contributed by atoms with van der Waals surface area (Å²) in [5.74, 6) is 1.06. The molecule has 2 aromatic rings. The molecule has 5 nitrogen and oxygen atoms in total. The summed E-state index contributed by atoms with van der Waals surface area (Å²) in [7, 11) is 0. The number of thiazole rings is 1. The van der Waals surface area contributed by atoms with Crippen LogP contribution in [0.1, 0.15) is 41.1 Å². The highest BCUT2D eigenvalue weighted by Crippen LogP contribution is 2.25. The number of hydrogen-bond acceptors (Lipinski definition) is 5. The minimum atomic E-state index is -0.117. The van der Waals surface area contributed by atoms with Crippen LogP contribution >= 0.6 is 23.6 Å². The molecule has 3 rings (SSSR count). The second-order valence-corrected chi connectivity index (χ2v) is 6.85. The highest BCUT2D eigenvalue weighted by atomic mass is 32.1. The smallest absolute Gasteiger partial charge is 0.265 e. The van der Waals surface area contributed by atoms with Crippen molar-refractivity contribution >= 4 is 35.3 Å². The maximum atomic E-state index is 12.3. The number of nitrogens with one attached hydrogen (secondary N) is 1. The minimum absolute atomic E-state index is 0.117. The van der Waals surface area contributed by atoms with Gasteiger partial charge in [0.1, 0.15) is 16.5 Å². The molecule has 0 unspecified atom stereocenters. The molecular formula is C14H17N3O2S2. The number of hydrogen-bond donors (Lipinski definition) is 2. The SMILES string of the molecule is Nc1c(C(=O)NC2CCCC2)sc(=S)n1Cc1ccco1. The number of aromatic nitrogens is 1. The molecule has 1 saturated carbocycles. The van der Waals surface area contributed by atoms with Gasteiger partial charge in [-0.3, -0.25) is 4.79 Å². The summed E-state index contributed by atoms with van der Waals surface area (Å²) in [5.41, 5.74) is 6.10. The van der Waals surface area contributed by atoms with Gasteiger partial charge in [-0.25, -0.2) is 0 Å². The molecule has 21 heavy (non-hydrogen) atoms. The van der Waals surface area contributed by atoms with Gasteiger partial charge in [0.15, 0.2) is 3.95 Å². The number of amides is 1. The highest BCUT2D eigenvalue weighted by Gasteiger charge is 2.22. The summed E-state index contributed by atoms with van der Waals surface area (Å²) < 4.78 is 7.63. The standard InChI is InChI=1S/C14H17N3O2S2/c15-12-11(13(18)16-9-4-1-2-5-9)21-14(20)17(12)8-10-6-3-7-19-10/h3,6-7,9H,1-2,4-5,8,15H2,(H,16,18). The van der Waals surface area contributed by atoms with E-state index in [0.29, 0.717) is 21.2 Å². The van der Waals surface area contributed by atoms with Crippen LogP contribution in [0.15, 0.2) is 22.8 Å². The van der Waals surface area contributed by atoms with Gasteiger partial charge in [-0.05, 0) is 37.2 Å². The van der Waals surface area contributed by atoms with Crippen LogP contribution in [0.4, 0.5) is 5.82 Å². The third kappa shape index (κ3) is 3.03. The van der Waals surface area contributed by atoms with Gasteiger partial charge in [0, 0.05) is 6.04 Å². The second kappa shape index (κ2) is 6.03. The van der Waals surface area contributed by atoms with E-state index in [0.717, 1.165) is 18.6 Å². The minimum Gasteiger partial charge on any atom is -0.467 e. The number of nitrogen functional groups attached to an aromatic ring is 1. The molecule has 1 aliphatic rings. The third-order valence-corrected chi connectivity index (χ3v) is 5.19. The maximum Gasteiger partial charge on any atom is 0.265 e. The predicted molar refractivity (Wildman–Crippen MR) is 85.1 cm³/mol. The lowest BCUT2D eigenvalue weighted by atomic mass is 10.2. The molecule has 112 valence electrons. The first-order valence-corrected chi connectivity index (χ1v) is 8.20. The predicted octanol–water partition coefficient (Wildman–Crippen LogP) is 3.17. The molecular weight excluding hydrogens is 306 g/mol. The number of furan rings is 1. The summed E-state index contributed by atoms with van der Waals surface area (Å²) in [5, 5.41) is 3.04. The zero-order valence-corrected chi connectivity index (χ0v) is 13.1. The highest BCUT2D eigenvalue weighted by molar-refractivity contribution is 7.73. The van der Waals surface area contributed by atoms with E-state index >= 15 is 0 Å². The molecule has 3 N–H and O–H groups in total. The van der Waals surface area contributed by atoms with Gasteiger partial charge in [-0.15, -0.1) is 0 Å². The molecule has 0 aromatic carbocycles. The van der Waals surface area contributed by atoms with E-state index in [2.05, 4.69) is 5.32 Å². The zero-order chi connectivity index (χ0) is 14.8. The van der Waals surface area contributed by atoms with E-state index in [1.807, 2.05) is 12.1 Å². The average molecular weight is 323 g/mol. The molecule has 2 heterocycles. The van der Waals surface area contributed by atoms with Gasteiger partial charge in [0.2, 0.25) is 0 Å². The van der Waals surface area contributed by atoms with Crippen molar-refractivity contribution in [2.45, 2.75) is 38.3 Å². The zero-order valence-electron chi connectivity index (χ0n) is 11.5. The Morgan fingerprint density at radius 1 is 1.52 bits per heavy atom. The molecule has 0 atom stereocenters. The summed E-state index contributed by atoms with van der Waals surface area (Å²) in [6.45, 7) is 0.449. The molecule has 0 saturated heterocycles. The molecule has 1 amide bonds. The first kappa shape index (κ1) is 14.3. The van der Waals surface area contributed by atoms with E-state index in [-0.39, 0.29) is 11.9 Å².